The number of halogens is 1. The fourth-order valence-corrected chi connectivity index (χ4v) is 2.77. The number of rotatable bonds is 4. The van der Waals surface area contributed by atoms with E-state index in [0.717, 1.165) is 10.7 Å². The minimum absolute atomic E-state index is 0.0337. The van der Waals surface area contributed by atoms with Crippen LogP contribution in [0.1, 0.15) is 29.2 Å². The molecular weight excluding hydrogens is 281 g/mol. The summed E-state index contributed by atoms with van der Waals surface area (Å²) in [6.07, 6.45) is 0. The Labute approximate surface area is 120 Å². The molecule has 1 heterocycles. The number of nitrogens with zero attached hydrogens (tertiary/aromatic N) is 1. The SMILES string of the molecule is Cc1csc(C(C)Nc2cccc(F)c2C(N)=S)n1. The molecule has 0 amide bonds. The second-order valence-corrected chi connectivity index (χ2v) is 5.55. The summed E-state index contributed by atoms with van der Waals surface area (Å²) in [5.74, 6) is -0.417. The van der Waals surface area contributed by atoms with Crippen molar-refractivity contribution in [3.05, 3.63) is 45.7 Å². The minimum Gasteiger partial charge on any atom is -0.389 e. The van der Waals surface area contributed by atoms with E-state index in [1.807, 2.05) is 19.2 Å². The molecule has 0 radical (unpaired) electrons. The maximum atomic E-state index is 13.7. The summed E-state index contributed by atoms with van der Waals surface area (Å²) >= 11 is 6.46. The van der Waals surface area contributed by atoms with Crippen molar-refractivity contribution in [1.29, 1.82) is 0 Å². The monoisotopic (exact) mass is 295 g/mol. The molecule has 0 spiro atoms. The lowest BCUT2D eigenvalue weighted by Crippen LogP contribution is -2.16. The van der Waals surface area contributed by atoms with Gasteiger partial charge in [0.2, 0.25) is 0 Å². The Morgan fingerprint density at radius 3 is 2.84 bits per heavy atom. The Kier molecular flexibility index (Phi) is 4.11. The third-order valence-electron chi connectivity index (χ3n) is 2.64. The number of hydrogen-bond donors (Lipinski definition) is 2. The normalized spacial score (nSPS) is 12.2. The van der Waals surface area contributed by atoms with Crippen molar-refractivity contribution >= 4 is 34.2 Å². The first-order chi connectivity index (χ1) is 8.99. The minimum atomic E-state index is -0.417. The first-order valence-electron chi connectivity index (χ1n) is 5.76. The van der Waals surface area contributed by atoms with Crippen molar-refractivity contribution in [2.24, 2.45) is 5.73 Å². The van der Waals surface area contributed by atoms with Crippen molar-refractivity contribution in [3.8, 4) is 0 Å². The molecule has 1 aromatic heterocycles. The number of thiocarbonyl (C=S) groups is 1. The van der Waals surface area contributed by atoms with Crippen molar-refractivity contribution < 1.29 is 4.39 Å². The molecule has 2 aromatic rings. The molecular formula is C13H14FN3S2. The molecule has 1 unspecified atom stereocenters. The van der Waals surface area contributed by atoms with Crippen molar-refractivity contribution in [2.75, 3.05) is 5.32 Å². The summed E-state index contributed by atoms with van der Waals surface area (Å²) in [7, 11) is 0. The van der Waals surface area contributed by atoms with Crippen LogP contribution in [0.4, 0.5) is 10.1 Å². The zero-order valence-electron chi connectivity index (χ0n) is 10.6. The number of thiazole rings is 1. The molecule has 0 saturated carbocycles. The molecule has 19 heavy (non-hydrogen) atoms. The molecule has 6 heteroatoms. The summed E-state index contributed by atoms with van der Waals surface area (Å²) < 4.78 is 13.7. The molecule has 2 rings (SSSR count). The standard InChI is InChI=1S/C13H14FN3S2/c1-7-6-19-13(16-7)8(2)17-10-5-3-4-9(14)11(10)12(15)18/h3-6,8,17H,1-2H3,(H2,15,18). The van der Waals surface area contributed by atoms with Crippen LogP contribution in [0.2, 0.25) is 0 Å². The van der Waals surface area contributed by atoms with Crippen LogP contribution in [-0.4, -0.2) is 9.97 Å². The number of hydrogen-bond acceptors (Lipinski definition) is 4. The van der Waals surface area contributed by atoms with E-state index in [0.29, 0.717) is 5.69 Å². The van der Waals surface area contributed by atoms with Crippen LogP contribution >= 0.6 is 23.6 Å². The average Bonchev–Trinajstić information content (AvgIpc) is 2.75. The summed E-state index contributed by atoms with van der Waals surface area (Å²) in [5, 5.41) is 6.12. The van der Waals surface area contributed by atoms with Gasteiger partial charge in [-0.3, -0.25) is 0 Å². The Bertz CT molecular complexity index is 610. The molecule has 0 saturated heterocycles. The summed E-state index contributed by atoms with van der Waals surface area (Å²) in [6, 6.07) is 4.69. The van der Waals surface area contributed by atoms with E-state index in [2.05, 4.69) is 10.3 Å². The van der Waals surface area contributed by atoms with Crippen LogP contribution in [0.3, 0.4) is 0 Å². The first kappa shape index (κ1) is 13.9. The lowest BCUT2D eigenvalue weighted by atomic mass is 10.1. The second kappa shape index (κ2) is 5.63. The van der Waals surface area contributed by atoms with Gasteiger partial charge in [-0.1, -0.05) is 18.3 Å². The number of aryl methyl sites for hydroxylation is 1. The van der Waals surface area contributed by atoms with Crippen LogP contribution in [0, 0.1) is 12.7 Å². The van der Waals surface area contributed by atoms with Gasteiger partial charge < -0.3 is 11.1 Å². The fourth-order valence-electron chi connectivity index (χ4n) is 1.76. The molecule has 3 N–H and O–H groups in total. The molecule has 3 nitrogen and oxygen atoms in total. The van der Waals surface area contributed by atoms with Gasteiger partial charge in [-0.05, 0) is 26.0 Å². The number of anilines is 1. The zero-order chi connectivity index (χ0) is 14.0. The van der Waals surface area contributed by atoms with Crippen molar-refractivity contribution in [1.82, 2.24) is 4.98 Å². The van der Waals surface area contributed by atoms with Crippen LogP contribution in [0.25, 0.3) is 0 Å². The lowest BCUT2D eigenvalue weighted by Gasteiger charge is -2.16. The zero-order valence-corrected chi connectivity index (χ0v) is 12.2. The topological polar surface area (TPSA) is 50.9 Å². The van der Waals surface area contributed by atoms with Crippen molar-refractivity contribution in [2.45, 2.75) is 19.9 Å². The van der Waals surface area contributed by atoms with Gasteiger partial charge in [-0.25, -0.2) is 9.37 Å². The molecule has 1 aromatic carbocycles. The second-order valence-electron chi connectivity index (χ2n) is 4.22. The largest absolute Gasteiger partial charge is 0.389 e. The lowest BCUT2D eigenvalue weighted by molar-refractivity contribution is 0.625. The summed E-state index contributed by atoms with van der Waals surface area (Å²) in [4.78, 5) is 4.45. The van der Waals surface area contributed by atoms with E-state index in [-0.39, 0.29) is 16.6 Å². The maximum Gasteiger partial charge on any atom is 0.135 e. The summed E-state index contributed by atoms with van der Waals surface area (Å²) in [5.41, 5.74) is 7.39. The van der Waals surface area contributed by atoms with Gasteiger partial charge in [0.05, 0.1) is 11.6 Å². The average molecular weight is 295 g/mol. The molecule has 0 aliphatic rings. The Balaban J connectivity index is 2.28. The highest BCUT2D eigenvalue weighted by Crippen LogP contribution is 2.26. The molecule has 0 bridgehead atoms. The number of nitrogens with one attached hydrogen (secondary N) is 1. The van der Waals surface area contributed by atoms with Crippen LogP contribution in [0.15, 0.2) is 23.6 Å². The number of benzene rings is 1. The highest BCUT2D eigenvalue weighted by molar-refractivity contribution is 7.80. The Hall–Kier alpha value is -1.53. The third-order valence-corrected chi connectivity index (χ3v) is 3.99. The first-order valence-corrected chi connectivity index (χ1v) is 7.04. The molecule has 100 valence electrons. The van der Waals surface area contributed by atoms with Gasteiger partial charge in [0.25, 0.3) is 0 Å². The van der Waals surface area contributed by atoms with Gasteiger partial charge in [0, 0.05) is 16.8 Å². The van der Waals surface area contributed by atoms with E-state index in [1.54, 1.807) is 23.5 Å². The van der Waals surface area contributed by atoms with Crippen LogP contribution in [-0.2, 0) is 0 Å². The Morgan fingerprint density at radius 2 is 2.26 bits per heavy atom. The van der Waals surface area contributed by atoms with Gasteiger partial charge in [-0.2, -0.15) is 0 Å². The molecule has 0 aliphatic heterocycles. The molecule has 0 aliphatic carbocycles. The van der Waals surface area contributed by atoms with Crippen molar-refractivity contribution in [3.63, 3.8) is 0 Å². The van der Waals surface area contributed by atoms with Crippen LogP contribution < -0.4 is 11.1 Å². The highest BCUT2D eigenvalue weighted by Gasteiger charge is 2.15. The fraction of sp³-hybridized carbons (Fsp3) is 0.231. The van der Waals surface area contributed by atoms with E-state index < -0.39 is 5.82 Å². The molecule has 0 fully saturated rings. The predicted molar refractivity (Wildman–Crippen MR) is 81.2 cm³/mol. The Morgan fingerprint density at radius 1 is 1.53 bits per heavy atom. The third kappa shape index (κ3) is 3.08. The molecule has 1 atom stereocenters. The summed E-state index contributed by atoms with van der Waals surface area (Å²) in [6.45, 7) is 3.90. The highest BCUT2D eigenvalue weighted by atomic mass is 32.1. The number of aromatic nitrogens is 1. The smallest absolute Gasteiger partial charge is 0.135 e. The predicted octanol–water partition coefficient (Wildman–Crippen LogP) is 3.40. The maximum absolute atomic E-state index is 13.7. The van der Waals surface area contributed by atoms with E-state index in [4.69, 9.17) is 18.0 Å². The quantitative estimate of drug-likeness (QED) is 0.849. The van der Waals surface area contributed by atoms with E-state index >= 15 is 0 Å². The number of nitrogens with two attached hydrogens (primary N) is 1. The van der Waals surface area contributed by atoms with Gasteiger partial charge >= 0.3 is 0 Å². The van der Waals surface area contributed by atoms with Gasteiger partial charge in [-0.15, -0.1) is 11.3 Å². The van der Waals surface area contributed by atoms with E-state index in [1.165, 1.54) is 6.07 Å². The van der Waals surface area contributed by atoms with Gasteiger partial charge in [0.1, 0.15) is 15.8 Å². The van der Waals surface area contributed by atoms with Gasteiger partial charge in [0.15, 0.2) is 0 Å². The van der Waals surface area contributed by atoms with E-state index in [9.17, 15) is 4.39 Å². The van der Waals surface area contributed by atoms with Crippen LogP contribution in [0.5, 0.6) is 0 Å².